The molecule has 2 bridgehead atoms. The monoisotopic (exact) mass is 398 g/mol. The summed E-state index contributed by atoms with van der Waals surface area (Å²) in [7, 11) is 0. The first-order valence-corrected chi connectivity index (χ1v) is 10.1. The summed E-state index contributed by atoms with van der Waals surface area (Å²) in [4.78, 5) is 26.2. The number of H-pyrrole nitrogens is 1. The molecule has 1 aromatic carbocycles. The third-order valence-corrected chi connectivity index (χ3v) is 6.02. The molecule has 6 rings (SSSR count). The Bertz CT molecular complexity index is 915. The van der Waals surface area contributed by atoms with Crippen molar-refractivity contribution in [3.05, 3.63) is 35.5 Å². The van der Waals surface area contributed by atoms with E-state index < -0.39 is 0 Å². The third kappa shape index (κ3) is 4.04. The Kier molecular flexibility index (Phi) is 5.92. The summed E-state index contributed by atoms with van der Waals surface area (Å²) >= 11 is 0. The average molecular weight is 398 g/mol. The lowest BCUT2D eigenvalue weighted by molar-refractivity contribution is -0.122. The smallest absolute Gasteiger partial charge is 0.290 e. The van der Waals surface area contributed by atoms with E-state index in [9.17, 15) is 4.79 Å². The van der Waals surface area contributed by atoms with Crippen molar-refractivity contribution in [1.29, 1.82) is 0 Å². The van der Waals surface area contributed by atoms with Crippen molar-refractivity contribution < 1.29 is 19.4 Å². The van der Waals surface area contributed by atoms with Crippen LogP contribution < -0.4 is 0 Å². The molecule has 4 aliphatic rings. The standard InChI is InChI=1S/C20H24N4O2.CH2O2/c25-20(24-10-9-23-7-3-16(24)4-8-23)19-17-13-15(1-2-18(17)21-22-19)14-5-11-26-12-6-14;2-1-3/h1-2,5,13,16H,3-4,6-12H2,(H,21,22);1H,(H,2,3). The molecular formula is C21H26N4O4. The fourth-order valence-electron chi connectivity index (χ4n) is 4.46. The molecule has 8 heteroatoms. The van der Waals surface area contributed by atoms with Gasteiger partial charge in [-0.1, -0.05) is 12.1 Å². The van der Waals surface area contributed by atoms with Crippen LogP contribution in [0.15, 0.2) is 24.3 Å². The van der Waals surface area contributed by atoms with Crippen LogP contribution in [0.4, 0.5) is 0 Å². The maximum absolute atomic E-state index is 13.3. The van der Waals surface area contributed by atoms with E-state index in [1.807, 2.05) is 6.07 Å². The summed E-state index contributed by atoms with van der Waals surface area (Å²) < 4.78 is 5.42. The largest absolute Gasteiger partial charge is 0.483 e. The van der Waals surface area contributed by atoms with Gasteiger partial charge in [0.25, 0.3) is 12.4 Å². The number of amides is 1. The van der Waals surface area contributed by atoms with E-state index in [0.29, 0.717) is 18.3 Å². The SMILES string of the molecule is O=C(c1n[nH]c2ccc(C3=CCOCC3)cc12)N1CCN2CCC1CC2.O=CO. The number of fused-ring (bicyclic) bond motifs is 5. The highest BCUT2D eigenvalue weighted by Crippen LogP contribution is 2.28. The van der Waals surface area contributed by atoms with Crippen molar-refractivity contribution >= 4 is 28.9 Å². The summed E-state index contributed by atoms with van der Waals surface area (Å²) in [6, 6.07) is 6.61. The number of rotatable bonds is 2. The number of carbonyl (C=O) groups excluding carboxylic acids is 1. The first-order valence-electron chi connectivity index (χ1n) is 10.1. The van der Waals surface area contributed by atoms with Crippen molar-refractivity contribution in [2.24, 2.45) is 0 Å². The van der Waals surface area contributed by atoms with Gasteiger partial charge in [-0.2, -0.15) is 5.10 Å². The highest BCUT2D eigenvalue weighted by molar-refractivity contribution is 6.05. The van der Waals surface area contributed by atoms with Gasteiger partial charge >= 0.3 is 0 Å². The molecule has 2 aromatic rings. The van der Waals surface area contributed by atoms with E-state index in [-0.39, 0.29) is 12.4 Å². The van der Waals surface area contributed by atoms with Crippen molar-refractivity contribution in [1.82, 2.24) is 20.0 Å². The molecular weight excluding hydrogens is 372 g/mol. The molecule has 1 amide bonds. The Morgan fingerprint density at radius 3 is 2.76 bits per heavy atom. The number of aromatic amines is 1. The highest BCUT2D eigenvalue weighted by Gasteiger charge is 2.33. The van der Waals surface area contributed by atoms with Crippen molar-refractivity contribution in [2.75, 3.05) is 39.4 Å². The van der Waals surface area contributed by atoms with Crippen molar-refractivity contribution in [3.63, 3.8) is 0 Å². The first kappa shape index (κ1) is 19.6. The van der Waals surface area contributed by atoms with E-state index in [0.717, 1.165) is 63.0 Å². The minimum absolute atomic E-state index is 0.0723. The Morgan fingerprint density at radius 1 is 1.24 bits per heavy atom. The van der Waals surface area contributed by atoms with Crippen LogP contribution in [0.1, 0.15) is 35.3 Å². The van der Waals surface area contributed by atoms with Gasteiger partial charge in [0.1, 0.15) is 0 Å². The number of carboxylic acid groups (broad SMARTS) is 1. The zero-order valence-electron chi connectivity index (χ0n) is 16.3. The normalized spacial score (nSPS) is 23.7. The van der Waals surface area contributed by atoms with Crippen LogP contribution in [-0.2, 0) is 9.53 Å². The van der Waals surface area contributed by atoms with E-state index in [1.54, 1.807) is 0 Å². The quantitative estimate of drug-likeness (QED) is 0.751. The van der Waals surface area contributed by atoms with Gasteiger partial charge in [-0.3, -0.25) is 14.7 Å². The number of aromatic nitrogens is 2. The first-order chi connectivity index (χ1) is 14.2. The van der Waals surface area contributed by atoms with E-state index >= 15 is 0 Å². The second-order valence-electron chi connectivity index (χ2n) is 7.56. The van der Waals surface area contributed by atoms with Crippen LogP contribution in [-0.4, -0.2) is 82.9 Å². The number of piperidine rings is 1. The Hall–Kier alpha value is -2.71. The Labute approximate surface area is 169 Å². The van der Waals surface area contributed by atoms with Crippen LogP contribution in [0.25, 0.3) is 16.5 Å². The summed E-state index contributed by atoms with van der Waals surface area (Å²) in [6.07, 6.45) is 5.20. The molecule has 0 unspecified atom stereocenters. The lowest BCUT2D eigenvalue weighted by Crippen LogP contribution is -2.41. The fourth-order valence-corrected chi connectivity index (χ4v) is 4.46. The van der Waals surface area contributed by atoms with Crippen LogP contribution in [0.2, 0.25) is 0 Å². The van der Waals surface area contributed by atoms with Gasteiger partial charge in [-0.15, -0.1) is 0 Å². The zero-order valence-corrected chi connectivity index (χ0v) is 16.3. The predicted molar refractivity (Wildman–Crippen MR) is 109 cm³/mol. The van der Waals surface area contributed by atoms with E-state index in [2.05, 4.69) is 38.2 Å². The number of benzene rings is 1. The van der Waals surface area contributed by atoms with Crippen molar-refractivity contribution in [2.45, 2.75) is 25.3 Å². The Morgan fingerprint density at radius 2 is 2.03 bits per heavy atom. The highest BCUT2D eigenvalue weighted by atomic mass is 16.5. The number of hydrogen-bond donors (Lipinski definition) is 2. The molecule has 0 aliphatic carbocycles. The second kappa shape index (κ2) is 8.75. The molecule has 2 N–H and O–H groups in total. The molecule has 154 valence electrons. The summed E-state index contributed by atoms with van der Waals surface area (Å²) in [5.74, 6) is 0.0723. The minimum atomic E-state index is -0.250. The third-order valence-electron chi connectivity index (χ3n) is 6.02. The van der Waals surface area contributed by atoms with Gasteiger partial charge in [0.15, 0.2) is 5.69 Å². The van der Waals surface area contributed by atoms with E-state index in [1.165, 1.54) is 11.1 Å². The maximum atomic E-state index is 13.3. The molecule has 8 nitrogen and oxygen atoms in total. The number of nitrogens with one attached hydrogen (secondary N) is 1. The number of ether oxygens (including phenoxy) is 1. The molecule has 5 heterocycles. The molecule has 3 saturated heterocycles. The molecule has 4 aliphatic heterocycles. The molecule has 1 aromatic heterocycles. The van der Waals surface area contributed by atoms with Crippen LogP contribution >= 0.6 is 0 Å². The lowest BCUT2D eigenvalue weighted by Gasteiger charge is -2.31. The zero-order chi connectivity index (χ0) is 20.2. The van der Waals surface area contributed by atoms with Crippen molar-refractivity contribution in [3.8, 4) is 0 Å². The molecule has 0 saturated carbocycles. The fraction of sp³-hybridized carbons (Fsp3) is 0.476. The van der Waals surface area contributed by atoms with Crippen LogP contribution in [0, 0.1) is 0 Å². The molecule has 3 fully saturated rings. The predicted octanol–water partition coefficient (Wildman–Crippen LogP) is 1.99. The van der Waals surface area contributed by atoms with Crippen LogP contribution in [0.3, 0.4) is 0 Å². The average Bonchev–Trinajstić information content (AvgIpc) is 2.95. The summed E-state index contributed by atoms with van der Waals surface area (Å²) in [5, 5.41) is 15.3. The molecule has 29 heavy (non-hydrogen) atoms. The van der Waals surface area contributed by atoms with E-state index in [4.69, 9.17) is 14.6 Å². The maximum Gasteiger partial charge on any atom is 0.290 e. The van der Waals surface area contributed by atoms with Gasteiger partial charge in [-0.25, -0.2) is 0 Å². The minimum Gasteiger partial charge on any atom is -0.483 e. The Balaban J connectivity index is 0.000000645. The number of hydrogen-bond acceptors (Lipinski definition) is 5. The summed E-state index contributed by atoms with van der Waals surface area (Å²) in [6.45, 7) is 5.17. The number of nitrogens with zero attached hydrogens (tertiary/aromatic N) is 3. The van der Waals surface area contributed by atoms with Gasteiger partial charge in [0.05, 0.1) is 18.7 Å². The molecule has 0 atom stereocenters. The van der Waals surface area contributed by atoms with Gasteiger partial charge in [0.2, 0.25) is 0 Å². The lowest BCUT2D eigenvalue weighted by atomic mass is 9.99. The topological polar surface area (TPSA) is 98.8 Å². The molecule has 0 spiro atoms. The summed E-state index contributed by atoms with van der Waals surface area (Å²) in [5.41, 5.74) is 3.95. The second-order valence-corrected chi connectivity index (χ2v) is 7.56. The van der Waals surface area contributed by atoms with Gasteiger partial charge in [0, 0.05) is 37.6 Å². The van der Waals surface area contributed by atoms with Crippen LogP contribution in [0.5, 0.6) is 0 Å². The molecule has 0 radical (unpaired) electrons. The number of carbonyl (C=O) groups is 2. The van der Waals surface area contributed by atoms with Gasteiger partial charge < -0.3 is 19.6 Å². The van der Waals surface area contributed by atoms with Gasteiger partial charge in [-0.05, 0) is 42.5 Å².